The molecular formula is C21H16N2O3S. The number of aromatic nitrogens is 1. The lowest BCUT2D eigenvalue weighted by Gasteiger charge is -2.03. The number of carbonyl (C=O) groups excluding carboxylic acids is 1. The number of nitriles is 1. The van der Waals surface area contributed by atoms with Crippen molar-refractivity contribution in [3.63, 3.8) is 0 Å². The largest absolute Gasteiger partial charge is 0.497 e. The SMILES string of the molecule is COc1ccc(/C=C(\C#N)C(=O)OCc2csc(-c3ccccc3)n2)cc1. The van der Waals surface area contributed by atoms with E-state index in [-0.39, 0.29) is 12.2 Å². The van der Waals surface area contributed by atoms with E-state index in [1.807, 2.05) is 41.8 Å². The monoisotopic (exact) mass is 376 g/mol. The Kier molecular flexibility index (Phi) is 5.98. The van der Waals surface area contributed by atoms with E-state index >= 15 is 0 Å². The van der Waals surface area contributed by atoms with Crippen molar-refractivity contribution in [3.8, 4) is 22.4 Å². The highest BCUT2D eigenvalue weighted by Gasteiger charge is 2.12. The van der Waals surface area contributed by atoms with E-state index in [4.69, 9.17) is 9.47 Å². The Morgan fingerprint density at radius 2 is 1.93 bits per heavy atom. The van der Waals surface area contributed by atoms with Crippen molar-refractivity contribution in [1.29, 1.82) is 5.26 Å². The van der Waals surface area contributed by atoms with Gasteiger partial charge >= 0.3 is 5.97 Å². The van der Waals surface area contributed by atoms with Crippen LogP contribution < -0.4 is 4.74 Å². The van der Waals surface area contributed by atoms with Gasteiger partial charge in [-0.25, -0.2) is 9.78 Å². The molecule has 0 unspecified atom stereocenters. The molecule has 0 fully saturated rings. The van der Waals surface area contributed by atoms with Crippen molar-refractivity contribution < 1.29 is 14.3 Å². The minimum absolute atomic E-state index is 0.0177. The summed E-state index contributed by atoms with van der Waals surface area (Å²) in [6, 6.07) is 18.7. The van der Waals surface area contributed by atoms with E-state index in [0.717, 1.165) is 10.6 Å². The molecule has 0 aliphatic carbocycles. The molecule has 0 aliphatic heterocycles. The van der Waals surface area contributed by atoms with Gasteiger partial charge < -0.3 is 9.47 Å². The molecule has 0 amide bonds. The summed E-state index contributed by atoms with van der Waals surface area (Å²) in [5, 5.41) is 12.0. The van der Waals surface area contributed by atoms with E-state index < -0.39 is 5.97 Å². The number of methoxy groups -OCH3 is 1. The maximum Gasteiger partial charge on any atom is 0.349 e. The topological polar surface area (TPSA) is 72.2 Å². The van der Waals surface area contributed by atoms with Crippen LogP contribution in [0.25, 0.3) is 16.6 Å². The highest BCUT2D eigenvalue weighted by molar-refractivity contribution is 7.13. The Labute approximate surface area is 161 Å². The quantitative estimate of drug-likeness (QED) is 0.361. The first-order chi connectivity index (χ1) is 13.2. The minimum Gasteiger partial charge on any atom is -0.497 e. The first-order valence-electron chi connectivity index (χ1n) is 8.12. The highest BCUT2D eigenvalue weighted by atomic mass is 32.1. The summed E-state index contributed by atoms with van der Waals surface area (Å²) < 4.78 is 10.3. The lowest BCUT2D eigenvalue weighted by Crippen LogP contribution is -2.07. The number of thiazole rings is 1. The molecular weight excluding hydrogens is 360 g/mol. The molecule has 3 rings (SSSR count). The van der Waals surface area contributed by atoms with Gasteiger partial charge in [-0.05, 0) is 23.8 Å². The third kappa shape index (κ3) is 4.81. The third-order valence-electron chi connectivity index (χ3n) is 3.69. The molecule has 6 heteroatoms. The van der Waals surface area contributed by atoms with Crippen LogP contribution >= 0.6 is 11.3 Å². The lowest BCUT2D eigenvalue weighted by molar-refractivity contribution is -0.139. The summed E-state index contributed by atoms with van der Waals surface area (Å²) >= 11 is 1.48. The summed E-state index contributed by atoms with van der Waals surface area (Å²) in [6.07, 6.45) is 1.48. The maximum atomic E-state index is 12.2. The lowest BCUT2D eigenvalue weighted by atomic mass is 10.1. The van der Waals surface area contributed by atoms with Crippen molar-refractivity contribution in [3.05, 3.63) is 76.8 Å². The van der Waals surface area contributed by atoms with Crippen LogP contribution in [0, 0.1) is 11.3 Å². The molecule has 27 heavy (non-hydrogen) atoms. The fraction of sp³-hybridized carbons (Fsp3) is 0.0952. The van der Waals surface area contributed by atoms with Gasteiger partial charge in [0.25, 0.3) is 0 Å². The Morgan fingerprint density at radius 1 is 1.19 bits per heavy atom. The van der Waals surface area contributed by atoms with Crippen molar-refractivity contribution >= 4 is 23.4 Å². The first kappa shape index (κ1) is 18.4. The summed E-state index contributed by atoms with van der Waals surface area (Å²) in [5.74, 6) is 0.0218. The fourth-order valence-electron chi connectivity index (χ4n) is 2.31. The number of carbonyl (C=O) groups is 1. The molecule has 0 N–H and O–H groups in total. The second kappa shape index (κ2) is 8.79. The smallest absolute Gasteiger partial charge is 0.349 e. The average Bonchev–Trinajstić information content (AvgIpc) is 3.20. The normalized spacial score (nSPS) is 10.9. The van der Waals surface area contributed by atoms with Crippen molar-refractivity contribution in [2.45, 2.75) is 6.61 Å². The van der Waals surface area contributed by atoms with Gasteiger partial charge in [-0.1, -0.05) is 42.5 Å². The van der Waals surface area contributed by atoms with Crippen LogP contribution in [0.5, 0.6) is 5.75 Å². The summed E-state index contributed by atoms with van der Waals surface area (Å²) in [7, 11) is 1.57. The van der Waals surface area contributed by atoms with Crippen molar-refractivity contribution in [1.82, 2.24) is 4.98 Å². The van der Waals surface area contributed by atoms with Crippen LogP contribution in [0.4, 0.5) is 0 Å². The van der Waals surface area contributed by atoms with Gasteiger partial charge in [0.15, 0.2) is 0 Å². The van der Waals surface area contributed by atoms with Crippen LogP contribution in [0.15, 0.2) is 65.6 Å². The zero-order valence-electron chi connectivity index (χ0n) is 14.6. The second-order valence-electron chi connectivity index (χ2n) is 5.53. The molecule has 3 aromatic rings. The van der Waals surface area contributed by atoms with E-state index in [0.29, 0.717) is 17.0 Å². The number of rotatable bonds is 6. The van der Waals surface area contributed by atoms with Gasteiger partial charge in [0, 0.05) is 10.9 Å². The second-order valence-corrected chi connectivity index (χ2v) is 6.39. The van der Waals surface area contributed by atoms with Crippen LogP contribution in [-0.2, 0) is 16.1 Å². The number of nitrogens with zero attached hydrogens (tertiary/aromatic N) is 2. The predicted octanol–water partition coefficient (Wildman–Crippen LogP) is 4.47. The van der Waals surface area contributed by atoms with Gasteiger partial charge in [0.2, 0.25) is 0 Å². The predicted molar refractivity (Wildman–Crippen MR) is 104 cm³/mol. The summed E-state index contributed by atoms with van der Waals surface area (Å²) in [5.41, 5.74) is 2.30. The Hall–Kier alpha value is -3.43. The van der Waals surface area contributed by atoms with Gasteiger partial charge in [0.1, 0.15) is 29.0 Å². The maximum absolute atomic E-state index is 12.2. The van der Waals surface area contributed by atoms with E-state index in [9.17, 15) is 10.1 Å². The third-order valence-corrected chi connectivity index (χ3v) is 4.63. The molecule has 0 saturated heterocycles. The van der Waals surface area contributed by atoms with Gasteiger partial charge in [0.05, 0.1) is 12.8 Å². The number of benzene rings is 2. The molecule has 0 saturated carbocycles. The molecule has 0 radical (unpaired) electrons. The molecule has 2 aromatic carbocycles. The van der Waals surface area contributed by atoms with Gasteiger partial charge in [-0.2, -0.15) is 5.26 Å². The molecule has 5 nitrogen and oxygen atoms in total. The molecule has 134 valence electrons. The van der Waals surface area contributed by atoms with Crippen molar-refractivity contribution in [2.24, 2.45) is 0 Å². The van der Waals surface area contributed by atoms with E-state index in [1.165, 1.54) is 17.4 Å². The molecule has 1 heterocycles. The van der Waals surface area contributed by atoms with Gasteiger partial charge in [-0.3, -0.25) is 0 Å². The molecule has 0 atom stereocenters. The minimum atomic E-state index is -0.678. The number of hydrogen-bond acceptors (Lipinski definition) is 6. The fourth-order valence-corrected chi connectivity index (χ4v) is 3.12. The number of esters is 1. The van der Waals surface area contributed by atoms with Crippen molar-refractivity contribution in [2.75, 3.05) is 7.11 Å². The summed E-state index contributed by atoms with van der Waals surface area (Å²) in [6.45, 7) is 0.0177. The van der Waals surface area contributed by atoms with Crippen LogP contribution in [0.2, 0.25) is 0 Å². The van der Waals surface area contributed by atoms with E-state index in [1.54, 1.807) is 31.4 Å². The number of hydrogen-bond donors (Lipinski definition) is 0. The van der Waals surface area contributed by atoms with E-state index in [2.05, 4.69) is 4.98 Å². The van der Waals surface area contributed by atoms with Crippen LogP contribution in [0.1, 0.15) is 11.3 Å². The Morgan fingerprint density at radius 3 is 2.59 bits per heavy atom. The first-order valence-corrected chi connectivity index (χ1v) is 9.00. The molecule has 0 spiro atoms. The summed E-state index contributed by atoms with van der Waals surface area (Å²) in [4.78, 5) is 16.7. The standard InChI is InChI=1S/C21H16N2O3S/c1-25-19-9-7-15(8-10-19)11-17(12-22)21(24)26-13-18-14-27-20(23-18)16-5-3-2-4-6-16/h2-11,14H,13H2,1H3/b17-11+. The van der Waals surface area contributed by atoms with Gasteiger partial charge in [-0.15, -0.1) is 11.3 Å². The average molecular weight is 376 g/mol. The van der Waals surface area contributed by atoms with Crippen LogP contribution in [0.3, 0.4) is 0 Å². The molecule has 1 aromatic heterocycles. The molecule has 0 bridgehead atoms. The van der Waals surface area contributed by atoms with Crippen LogP contribution in [-0.4, -0.2) is 18.1 Å². The number of ether oxygens (including phenoxy) is 2. The Bertz CT molecular complexity index is 986. The zero-order chi connectivity index (χ0) is 19.1. The molecule has 0 aliphatic rings. The zero-order valence-corrected chi connectivity index (χ0v) is 15.4. The highest BCUT2D eigenvalue weighted by Crippen LogP contribution is 2.23. The Balaban J connectivity index is 1.64.